The quantitative estimate of drug-likeness (QED) is 0.248. The lowest BCUT2D eigenvalue weighted by Gasteiger charge is -2.66. The Morgan fingerprint density at radius 2 is 1.16 bits per heavy atom. The third kappa shape index (κ3) is 5.58. The first-order valence-corrected chi connectivity index (χ1v) is 14.0. The first-order valence-electron chi connectivity index (χ1n) is 14.0. The van der Waals surface area contributed by atoms with E-state index in [-0.39, 0.29) is 0 Å². The van der Waals surface area contributed by atoms with Crippen LogP contribution >= 0.6 is 0 Å². The van der Waals surface area contributed by atoms with Crippen molar-refractivity contribution < 1.29 is 76.6 Å². The van der Waals surface area contributed by atoms with Crippen LogP contribution < -0.4 is 0 Å². The van der Waals surface area contributed by atoms with Crippen LogP contribution in [0.2, 0.25) is 0 Å². The maximum Gasteiger partial charge on any atom is 0.303 e. The summed E-state index contributed by atoms with van der Waals surface area (Å²) in [5, 5.41) is 12.7. The zero-order valence-corrected chi connectivity index (χ0v) is 26.4. The summed E-state index contributed by atoms with van der Waals surface area (Å²) in [5.74, 6) is -11.2. The van der Waals surface area contributed by atoms with Gasteiger partial charge in [-0.05, 0) is 20.8 Å². The number of ether oxygens (including phenoxy) is 7. The molecule has 1 N–H and O–H groups in total. The zero-order valence-electron chi connectivity index (χ0n) is 26.4. The van der Waals surface area contributed by atoms with Crippen molar-refractivity contribution in [2.75, 3.05) is 13.2 Å². The minimum Gasteiger partial charge on any atom is -0.465 e. The molecule has 0 unspecified atom stereocenters. The summed E-state index contributed by atoms with van der Waals surface area (Å²) >= 11 is 0. The number of carbonyl (C=O) groups excluding carboxylic acids is 8. The molecule has 1 aliphatic heterocycles. The second kappa shape index (κ2) is 12.1. The van der Waals surface area contributed by atoms with E-state index in [0.29, 0.717) is 0 Å². The predicted octanol–water partition coefficient (Wildman–Crippen LogP) is -0.478. The first-order chi connectivity index (χ1) is 20.6. The van der Waals surface area contributed by atoms with E-state index in [1.54, 1.807) is 0 Å². The molecule has 2 bridgehead atoms. The predicted molar refractivity (Wildman–Crippen MR) is 143 cm³/mol. The number of rotatable bonds is 9. The summed E-state index contributed by atoms with van der Waals surface area (Å²) in [5.41, 5.74) is -9.85. The summed E-state index contributed by atoms with van der Waals surface area (Å²) in [6.45, 7) is 7.62. The molecule has 16 nitrogen and oxygen atoms in total. The van der Waals surface area contributed by atoms with E-state index >= 15 is 0 Å². The van der Waals surface area contributed by atoms with E-state index in [4.69, 9.17) is 33.2 Å². The van der Waals surface area contributed by atoms with Gasteiger partial charge in [0.2, 0.25) is 0 Å². The van der Waals surface area contributed by atoms with Gasteiger partial charge in [0.25, 0.3) is 0 Å². The van der Waals surface area contributed by atoms with Crippen molar-refractivity contribution in [1.82, 2.24) is 0 Å². The van der Waals surface area contributed by atoms with Gasteiger partial charge < -0.3 is 38.3 Å². The summed E-state index contributed by atoms with van der Waals surface area (Å²) in [4.78, 5) is 103. The third-order valence-electron chi connectivity index (χ3n) is 8.66. The fourth-order valence-corrected chi connectivity index (χ4v) is 7.52. The Labute approximate surface area is 258 Å². The van der Waals surface area contributed by atoms with Gasteiger partial charge >= 0.3 is 35.8 Å². The molecule has 3 rings (SSSR count). The van der Waals surface area contributed by atoms with Gasteiger partial charge in [-0.25, -0.2) is 0 Å². The lowest BCUT2D eigenvalue weighted by molar-refractivity contribution is -0.364. The molecule has 45 heavy (non-hydrogen) atoms. The van der Waals surface area contributed by atoms with Gasteiger partial charge in [0.05, 0.1) is 11.8 Å². The van der Waals surface area contributed by atoms with Gasteiger partial charge in [-0.3, -0.25) is 38.4 Å². The fraction of sp³-hybridized carbons (Fsp3) is 0.724. The molecule has 2 saturated carbocycles. The molecule has 250 valence electrons. The third-order valence-corrected chi connectivity index (χ3v) is 8.66. The van der Waals surface area contributed by atoms with Crippen molar-refractivity contribution in [2.45, 2.75) is 104 Å². The number of Topliss-reactive ketones (excluding diaryl/α,β-unsaturated/α-hetero) is 2. The standard InChI is InChI=1S/C29H38O16/c1-12(30)19-22(41-15(4)33)25(44-18(7)36)28(11-40-14(3)32)24(43-17(6)35)21(37)20-23(42-16(5)34)29(28,27(19,9)38)45-26(20,8)10-39-13(2)31/h19-20,22-25,38H,10-11H2,1-9H3/t19-,20+,22-,23+,24+,25-,26-,27-,28+,29-/m0/s1. The Morgan fingerprint density at radius 1 is 0.689 bits per heavy atom. The van der Waals surface area contributed by atoms with Crippen LogP contribution in [-0.4, -0.2) is 107 Å². The maximum absolute atomic E-state index is 14.6. The SMILES string of the molecule is CC(=O)OC[C@]12[C@H](OC(C)=O)C(=O)[C@@H]3[C@@H](OC(C)=O)[C@]1(O[C@@]3(C)COC(C)=O)[C@@](C)(O)[C@@H](C(C)=O)[C@H](OC(C)=O)[C@@H]2OC(C)=O. The van der Waals surface area contributed by atoms with E-state index in [9.17, 15) is 43.5 Å². The summed E-state index contributed by atoms with van der Waals surface area (Å²) < 4.78 is 39.7. The number of aliphatic hydroxyl groups is 1. The molecule has 0 radical (unpaired) electrons. The second-order valence-electron chi connectivity index (χ2n) is 12.0. The number of hydrogen-bond acceptors (Lipinski definition) is 16. The van der Waals surface area contributed by atoms with Crippen LogP contribution in [0.15, 0.2) is 0 Å². The van der Waals surface area contributed by atoms with E-state index in [0.717, 1.165) is 55.4 Å². The fourth-order valence-electron chi connectivity index (χ4n) is 7.52. The highest BCUT2D eigenvalue weighted by atomic mass is 16.6. The molecule has 3 aliphatic rings. The molecule has 0 amide bonds. The minimum atomic E-state index is -2.67. The van der Waals surface area contributed by atoms with E-state index in [1.807, 2.05) is 0 Å². The summed E-state index contributed by atoms with van der Waals surface area (Å²) in [7, 11) is 0. The number of hydrogen-bond donors (Lipinski definition) is 1. The smallest absolute Gasteiger partial charge is 0.303 e. The topological polar surface area (TPSA) is 221 Å². The Morgan fingerprint density at radius 3 is 1.60 bits per heavy atom. The van der Waals surface area contributed by atoms with Gasteiger partial charge in [-0.1, -0.05) is 0 Å². The molecule has 16 heteroatoms. The van der Waals surface area contributed by atoms with Gasteiger partial charge in [-0.2, -0.15) is 0 Å². The molecule has 0 aromatic carbocycles. The minimum absolute atomic E-state index is 0.679. The Bertz CT molecular complexity index is 1320. The van der Waals surface area contributed by atoms with Crippen molar-refractivity contribution in [3.63, 3.8) is 0 Å². The van der Waals surface area contributed by atoms with Crippen LogP contribution in [0.5, 0.6) is 0 Å². The van der Waals surface area contributed by atoms with Crippen LogP contribution in [0.4, 0.5) is 0 Å². The van der Waals surface area contributed by atoms with Gasteiger partial charge in [-0.15, -0.1) is 0 Å². The Balaban J connectivity index is 2.66. The number of ketones is 2. The Kier molecular flexibility index (Phi) is 9.57. The lowest BCUT2D eigenvalue weighted by Crippen LogP contribution is -2.87. The van der Waals surface area contributed by atoms with Gasteiger partial charge in [0, 0.05) is 41.5 Å². The second-order valence-corrected chi connectivity index (χ2v) is 12.0. The van der Waals surface area contributed by atoms with Crippen LogP contribution in [0.1, 0.15) is 62.3 Å². The largest absolute Gasteiger partial charge is 0.465 e. The molecule has 1 saturated heterocycles. The molecule has 1 spiro atoms. The normalized spacial score (nSPS) is 38.2. The van der Waals surface area contributed by atoms with Gasteiger partial charge in [0.15, 0.2) is 29.7 Å². The average molecular weight is 643 g/mol. The molecular formula is C29H38O16. The molecule has 1 heterocycles. The van der Waals surface area contributed by atoms with Crippen LogP contribution in [0.3, 0.4) is 0 Å². The molecule has 2 aliphatic carbocycles. The zero-order chi connectivity index (χ0) is 34.4. The highest BCUT2D eigenvalue weighted by molar-refractivity contribution is 5.94. The van der Waals surface area contributed by atoms with Crippen molar-refractivity contribution in [3.8, 4) is 0 Å². The van der Waals surface area contributed by atoms with Crippen molar-refractivity contribution >= 4 is 47.4 Å². The van der Waals surface area contributed by atoms with Crippen molar-refractivity contribution in [3.05, 3.63) is 0 Å². The number of esters is 6. The van der Waals surface area contributed by atoms with Crippen LogP contribution in [0.25, 0.3) is 0 Å². The van der Waals surface area contributed by atoms with E-state index < -0.39 is 119 Å². The van der Waals surface area contributed by atoms with Crippen molar-refractivity contribution in [1.29, 1.82) is 0 Å². The number of fused-ring (bicyclic) bond motifs is 1. The highest BCUT2D eigenvalue weighted by Crippen LogP contribution is 2.69. The van der Waals surface area contributed by atoms with Crippen LogP contribution in [0, 0.1) is 17.3 Å². The molecule has 0 aromatic heterocycles. The highest BCUT2D eigenvalue weighted by Gasteiger charge is 2.91. The molecule has 0 aromatic rings. The van der Waals surface area contributed by atoms with E-state index in [1.165, 1.54) is 6.92 Å². The first kappa shape index (κ1) is 35.6. The molecular weight excluding hydrogens is 604 g/mol. The molecule has 3 fully saturated rings. The summed E-state index contributed by atoms with van der Waals surface area (Å²) in [6.07, 6.45) is -7.93. The molecule has 10 atom stereocenters. The summed E-state index contributed by atoms with van der Waals surface area (Å²) in [6, 6.07) is 0. The van der Waals surface area contributed by atoms with E-state index in [2.05, 4.69) is 0 Å². The maximum atomic E-state index is 14.6. The average Bonchev–Trinajstić information content (AvgIpc) is 3.09. The monoisotopic (exact) mass is 642 g/mol. The lowest BCUT2D eigenvalue weighted by atomic mass is 9.43. The van der Waals surface area contributed by atoms with Crippen molar-refractivity contribution in [2.24, 2.45) is 17.3 Å². The van der Waals surface area contributed by atoms with Crippen LogP contribution in [-0.2, 0) is 71.5 Å². The Hall–Kier alpha value is -3.92. The number of carbonyl (C=O) groups is 8. The van der Waals surface area contributed by atoms with Gasteiger partial charge in [0.1, 0.15) is 41.7 Å².